The van der Waals surface area contributed by atoms with E-state index in [1.807, 2.05) is 11.7 Å². The van der Waals surface area contributed by atoms with Gasteiger partial charge in [0.2, 0.25) is 5.91 Å². The molecule has 0 radical (unpaired) electrons. The van der Waals surface area contributed by atoms with Crippen LogP contribution >= 0.6 is 11.6 Å². The second-order valence-electron chi connectivity index (χ2n) is 5.14. The van der Waals surface area contributed by atoms with Crippen LogP contribution in [0.5, 0.6) is 0 Å². The minimum absolute atomic E-state index is 0.249. The number of carbonyl (C=O) groups excluding carboxylic acids is 1. The Morgan fingerprint density at radius 1 is 1.38 bits per heavy atom. The molecule has 0 aliphatic rings. The van der Waals surface area contributed by atoms with Crippen LogP contribution in [0.1, 0.15) is 37.7 Å². The van der Waals surface area contributed by atoms with Crippen molar-refractivity contribution in [3.05, 3.63) is 11.5 Å². The molecule has 6 nitrogen and oxygen atoms in total. The smallest absolute Gasteiger partial charge is 0.217 e. The molecule has 0 aliphatic carbocycles. The van der Waals surface area contributed by atoms with Gasteiger partial charge in [0.25, 0.3) is 0 Å². The van der Waals surface area contributed by atoms with Crippen LogP contribution in [-0.4, -0.2) is 31.1 Å². The van der Waals surface area contributed by atoms with Crippen LogP contribution in [0.15, 0.2) is 0 Å². The van der Waals surface area contributed by atoms with Gasteiger partial charge in [-0.25, -0.2) is 4.98 Å². The molecule has 2 heterocycles. The van der Waals surface area contributed by atoms with Crippen LogP contribution in [0.25, 0.3) is 11.2 Å². The third-order valence-electron chi connectivity index (χ3n) is 3.58. The van der Waals surface area contributed by atoms with Gasteiger partial charge in [-0.2, -0.15) is 5.10 Å². The number of unbranched alkanes of at least 4 members (excludes halogenated alkanes) is 1. The molecule has 2 aromatic heterocycles. The summed E-state index contributed by atoms with van der Waals surface area (Å²) < 4.78 is 4.05. The second-order valence-corrected chi connectivity index (χ2v) is 5.52. The van der Waals surface area contributed by atoms with E-state index in [4.69, 9.17) is 22.3 Å². The number of primary amides is 1. The fourth-order valence-electron chi connectivity index (χ4n) is 2.60. The SMILES string of the molecule is CCc1nn(C)c2c1nc(CCCl)n2CCCCC(N)=O. The Morgan fingerprint density at radius 2 is 2.14 bits per heavy atom. The van der Waals surface area contributed by atoms with Crippen molar-refractivity contribution in [2.75, 3.05) is 5.88 Å². The minimum Gasteiger partial charge on any atom is -0.370 e. The zero-order valence-corrected chi connectivity index (χ0v) is 13.4. The molecular weight excluding hydrogens is 290 g/mol. The lowest BCUT2D eigenvalue weighted by atomic mass is 10.2. The highest BCUT2D eigenvalue weighted by Crippen LogP contribution is 2.21. The van der Waals surface area contributed by atoms with Crippen LogP contribution in [0.2, 0.25) is 0 Å². The molecule has 2 N–H and O–H groups in total. The first kappa shape index (κ1) is 15.8. The molecule has 0 atom stereocenters. The average molecular weight is 312 g/mol. The zero-order chi connectivity index (χ0) is 15.4. The predicted octanol–water partition coefficient (Wildman–Crippen LogP) is 1.77. The molecular formula is C14H22ClN5O. The van der Waals surface area contributed by atoms with Gasteiger partial charge in [-0.05, 0) is 19.3 Å². The predicted molar refractivity (Wildman–Crippen MR) is 83.3 cm³/mol. The van der Waals surface area contributed by atoms with Crippen molar-refractivity contribution in [1.82, 2.24) is 19.3 Å². The Balaban J connectivity index is 2.27. The van der Waals surface area contributed by atoms with Crippen LogP contribution in [0.4, 0.5) is 0 Å². The van der Waals surface area contributed by atoms with Crippen LogP contribution in [0, 0.1) is 0 Å². The van der Waals surface area contributed by atoms with Crippen molar-refractivity contribution in [2.45, 2.75) is 45.6 Å². The maximum atomic E-state index is 10.8. The summed E-state index contributed by atoms with van der Waals surface area (Å²) in [6, 6.07) is 0. The second kappa shape index (κ2) is 6.93. The Labute approximate surface area is 129 Å². The molecule has 21 heavy (non-hydrogen) atoms. The van der Waals surface area contributed by atoms with E-state index in [1.54, 1.807) is 0 Å². The maximum absolute atomic E-state index is 10.8. The van der Waals surface area contributed by atoms with Crippen molar-refractivity contribution in [3.8, 4) is 0 Å². The van der Waals surface area contributed by atoms with Gasteiger partial charge in [-0.15, -0.1) is 11.6 Å². The van der Waals surface area contributed by atoms with E-state index in [-0.39, 0.29) is 5.91 Å². The molecule has 0 unspecified atom stereocenters. The third kappa shape index (κ3) is 3.37. The summed E-state index contributed by atoms with van der Waals surface area (Å²) in [5, 5.41) is 4.51. The molecule has 0 fully saturated rings. The summed E-state index contributed by atoms with van der Waals surface area (Å²) in [5.74, 6) is 1.28. The molecule has 7 heteroatoms. The number of fused-ring (bicyclic) bond motifs is 1. The molecule has 116 valence electrons. The van der Waals surface area contributed by atoms with Gasteiger partial charge in [0, 0.05) is 32.3 Å². The average Bonchev–Trinajstić information content (AvgIpc) is 2.93. The van der Waals surface area contributed by atoms with Crippen molar-refractivity contribution >= 4 is 28.7 Å². The van der Waals surface area contributed by atoms with Gasteiger partial charge >= 0.3 is 0 Å². The van der Waals surface area contributed by atoms with E-state index in [9.17, 15) is 4.79 Å². The number of hydrogen-bond acceptors (Lipinski definition) is 3. The number of aromatic nitrogens is 4. The normalized spacial score (nSPS) is 11.4. The molecule has 0 aromatic carbocycles. The number of nitrogens with two attached hydrogens (primary N) is 1. The molecule has 0 saturated heterocycles. The number of nitrogens with zero attached hydrogens (tertiary/aromatic N) is 4. The number of imidazole rings is 1. The van der Waals surface area contributed by atoms with Crippen LogP contribution in [0.3, 0.4) is 0 Å². The number of carbonyl (C=O) groups is 1. The molecule has 0 saturated carbocycles. The number of rotatable bonds is 8. The van der Waals surface area contributed by atoms with Crippen molar-refractivity contribution in [3.63, 3.8) is 0 Å². The highest BCUT2D eigenvalue weighted by Gasteiger charge is 2.17. The first-order chi connectivity index (χ1) is 10.1. The summed E-state index contributed by atoms with van der Waals surface area (Å²) in [4.78, 5) is 15.5. The van der Waals surface area contributed by atoms with E-state index < -0.39 is 0 Å². The molecule has 2 aromatic rings. The van der Waals surface area contributed by atoms with Crippen LogP contribution in [-0.2, 0) is 31.2 Å². The maximum Gasteiger partial charge on any atom is 0.217 e. The number of hydrogen-bond donors (Lipinski definition) is 1. The van der Waals surface area contributed by atoms with Crippen molar-refractivity contribution < 1.29 is 4.79 Å². The summed E-state index contributed by atoms with van der Waals surface area (Å²) in [7, 11) is 1.94. The molecule has 2 rings (SSSR count). The quantitative estimate of drug-likeness (QED) is 0.596. The Bertz CT molecular complexity index is 631. The zero-order valence-electron chi connectivity index (χ0n) is 12.6. The third-order valence-corrected chi connectivity index (χ3v) is 3.77. The summed E-state index contributed by atoms with van der Waals surface area (Å²) in [6.07, 6.45) is 3.68. The highest BCUT2D eigenvalue weighted by atomic mass is 35.5. The standard InChI is InChI=1S/C14H22ClN5O/c1-3-10-13-14(19(2)18-10)20(12(17-13)7-8-15)9-5-4-6-11(16)21/h3-9H2,1-2H3,(H2,16,21). The monoisotopic (exact) mass is 311 g/mol. The Morgan fingerprint density at radius 3 is 2.76 bits per heavy atom. The highest BCUT2D eigenvalue weighted by molar-refractivity contribution is 6.17. The van der Waals surface area contributed by atoms with E-state index >= 15 is 0 Å². The molecule has 1 amide bonds. The molecule has 0 aliphatic heterocycles. The van der Waals surface area contributed by atoms with Gasteiger partial charge in [0.05, 0.1) is 5.69 Å². The van der Waals surface area contributed by atoms with E-state index in [0.717, 1.165) is 54.9 Å². The summed E-state index contributed by atoms with van der Waals surface area (Å²) in [5.41, 5.74) is 8.19. The minimum atomic E-state index is -0.249. The largest absolute Gasteiger partial charge is 0.370 e. The Kier molecular flexibility index (Phi) is 5.22. The van der Waals surface area contributed by atoms with E-state index in [0.29, 0.717) is 12.3 Å². The topological polar surface area (TPSA) is 78.7 Å². The van der Waals surface area contributed by atoms with Gasteiger partial charge in [-0.1, -0.05) is 6.92 Å². The lowest BCUT2D eigenvalue weighted by Gasteiger charge is -2.08. The van der Waals surface area contributed by atoms with Gasteiger partial charge in [-0.3, -0.25) is 9.48 Å². The van der Waals surface area contributed by atoms with E-state index in [2.05, 4.69) is 16.6 Å². The van der Waals surface area contributed by atoms with E-state index in [1.165, 1.54) is 0 Å². The first-order valence-electron chi connectivity index (χ1n) is 7.33. The fourth-order valence-corrected chi connectivity index (χ4v) is 2.77. The number of aryl methyl sites for hydroxylation is 4. The van der Waals surface area contributed by atoms with Gasteiger partial charge in [0.1, 0.15) is 11.3 Å². The van der Waals surface area contributed by atoms with Gasteiger partial charge in [0.15, 0.2) is 5.65 Å². The Hall–Kier alpha value is -1.56. The molecule has 0 spiro atoms. The lowest BCUT2D eigenvalue weighted by molar-refractivity contribution is -0.118. The number of alkyl halides is 1. The summed E-state index contributed by atoms with van der Waals surface area (Å²) >= 11 is 5.88. The lowest BCUT2D eigenvalue weighted by Crippen LogP contribution is -2.11. The summed E-state index contributed by atoms with van der Waals surface area (Å²) in [6.45, 7) is 2.88. The van der Waals surface area contributed by atoms with Crippen molar-refractivity contribution in [1.29, 1.82) is 0 Å². The first-order valence-corrected chi connectivity index (χ1v) is 7.87. The fraction of sp³-hybridized carbons (Fsp3) is 0.643. The van der Waals surface area contributed by atoms with Gasteiger partial charge < -0.3 is 10.3 Å². The van der Waals surface area contributed by atoms with Crippen LogP contribution < -0.4 is 5.73 Å². The number of amides is 1. The molecule has 0 bridgehead atoms. The van der Waals surface area contributed by atoms with Crippen molar-refractivity contribution in [2.24, 2.45) is 12.8 Å². The number of halogens is 1.